The fourth-order valence-electron chi connectivity index (χ4n) is 1.80. The zero-order valence-electron chi connectivity index (χ0n) is 11.8. The van der Waals surface area contributed by atoms with Crippen molar-refractivity contribution in [2.24, 2.45) is 0 Å². The number of hydrogen-bond donors (Lipinski definition) is 2. The lowest BCUT2D eigenvalue weighted by Crippen LogP contribution is -2.12. The van der Waals surface area contributed by atoms with Gasteiger partial charge in [0.15, 0.2) is 0 Å². The average Bonchev–Trinajstić information content (AvgIpc) is 2.51. The molecule has 2 aromatic rings. The normalized spacial score (nSPS) is 9.62. The number of pyridine rings is 1. The third-order valence-electron chi connectivity index (χ3n) is 2.89. The number of carbonyl (C=O) groups excluding carboxylic acids is 1. The van der Waals surface area contributed by atoms with Gasteiger partial charge in [-0.15, -0.1) is 0 Å². The van der Waals surface area contributed by atoms with Crippen LogP contribution in [0, 0.1) is 18.8 Å². The molecule has 0 unspecified atom stereocenters. The molecule has 0 bridgehead atoms. The van der Waals surface area contributed by atoms with E-state index in [4.69, 9.17) is 5.11 Å². The van der Waals surface area contributed by atoms with E-state index in [1.165, 1.54) is 0 Å². The Morgan fingerprint density at radius 1 is 1.29 bits per heavy atom. The average molecular weight is 280 g/mol. The maximum absolute atomic E-state index is 12.1. The summed E-state index contributed by atoms with van der Waals surface area (Å²) in [4.78, 5) is 16.0. The van der Waals surface area contributed by atoms with Crippen LogP contribution in [-0.4, -0.2) is 22.6 Å². The number of nitrogens with zero attached hydrogens (tertiary/aromatic N) is 1. The summed E-state index contributed by atoms with van der Waals surface area (Å²) < 4.78 is 0. The molecule has 0 saturated carbocycles. The maximum Gasteiger partial charge on any atom is 0.255 e. The summed E-state index contributed by atoms with van der Waals surface area (Å²) in [6, 6.07) is 8.92. The molecule has 0 aliphatic rings. The molecule has 0 spiro atoms. The molecule has 2 N–H and O–H groups in total. The number of amides is 1. The second-order valence-electron chi connectivity index (χ2n) is 4.50. The Hall–Kier alpha value is -2.64. The maximum atomic E-state index is 12.1. The Kier molecular flexibility index (Phi) is 5.08. The first-order valence-corrected chi connectivity index (χ1v) is 6.62. The highest BCUT2D eigenvalue weighted by atomic mass is 16.2. The van der Waals surface area contributed by atoms with Gasteiger partial charge in [0.25, 0.3) is 5.91 Å². The van der Waals surface area contributed by atoms with Gasteiger partial charge in [0.1, 0.15) is 0 Å². The summed E-state index contributed by atoms with van der Waals surface area (Å²) in [5, 5.41) is 11.6. The number of benzene rings is 1. The summed E-state index contributed by atoms with van der Waals surface area (Å²) in [7, 11) is 0. The summed E-state index contributed by atoms with van der Waals surface area (Å²) in [5.41, 5.74) is 3.12. The van der Waals surface area contributed by atoms with Crippen LogP contribution < -0.4 is 5.32 Å². The van der Waals surface area contributed by atoms with E-state index in [-0.39, 0.29) is 12.5 Å². The molecule has 0 aliphatic heterocycles. The minimum absolute atomic E-state index is 0.0616. The highest BCUT2D eigenvalue weighted by Crippen LogP contribution is 2.17. The summed E-state index contributed by atoms with van der Waals surface area (Å²) >= 11 is 0. The topological polar surface area (TPSA) is 62.2 Å². The van der Waals surface area contributed by atoms with Crippen molar-refractivity contribution < 1.29 is 9.90 Å². The molecule has 1 aromatic carbocycles. The fourth-order valence-corrected chi connectivity index (χ4v) is 1.80. The number of aliphatic hydroxyl groups is 1. The molecule has 0 radical (unpaired) electrons. The summed E-state index contributed by atoms with van der Waals surface area (Å²) in [6.07, 6.45) is 3.63. The van der Waals surface area contributed by atoms with Gasteiger partial charge >= 0.3 is 0 Å². The van der Waals surface area contributed by atoms with E-state index in [9.17, 15) is 4.79 Å². The van der Waals surface area contributed by atoms with Gasteiger partial charge in [0.05, 0.1) is 6.61 Å². The van der Waals surface area contributed by atoms with E-state index >= 15 is 0 Å². The number of rotatable bonds is 3. The van der Waals surface area contributed by atoms with Crippen LogP contribution in [-0.2, 0) is 0 Å². The number of anilines is 1. The molecule has 4 nitrogen and oxygen atoms in total. The Balaban J connectivity index is 2.12. The third-order valence-corrected chi connectivity index (χ3v) is 2.89. The molecule has 0 aliphatic carbocycles. The first-order chi connectivity index (χ1) is 10.2. The monoisotopic (exact) mass is 280 g/mol. The van der Waals surface area contributed by atoms with Crippen LogP contribution in [0.25, 0.3) is 0 Å². The molecule has 21 heavy (non-hydrogen) atoms. The molecule has 0 saturated heterocycles. The molecule has 4 heteroatoms. The molecule has 0 fully saturated rings. The minimum atomic E-state index is -0.167. The van der Waals surface area contributed by atoms with E-state index in [0.717, 1.165) is 16.8 Å². The van der Waals surface area contributed by atoms with Gasteiger partial charge in [-0.3, -0.25) is 9.78 Å². The largest absolute Gasteiger partial charge is 0.395 e. The number of nitrogens with one attached hydrogen (secondary N) is 1. The number of aryl methyl sites for hydroxylation is 1. The Labute approximate surface area is 123 Å². The van der Waals surface area contributed by atoms with Crippen molar-refractivity contribution in [3.63, 3.8) is 0 Å². The van der Waals surface area contributed by atoms with Gasteiger partial charge in [-0.1, -0.05) is 11.8 Å². The second-order valence-corrected chi connectivity index (χ2v) is 4.50. The van der Waals surface area contributed by atoms with Gasteiger partial charge < -0.3 is 10.4 Å². The van der Waals surface area contributed by atoms with Crippen molar-refractivity contribution in [3.05, 3.63) is 59.4 Å². The predicted molar refractivity (Wildman–Crippen MR) is 82.0 cm³/mol. The van der Waals surface area contributed by atoms with Crippen LogP contribution in [0.1, 0.15) is 27.9 Å². The second kappa shape index (κ2) is 7.22. The quantitative estimate of drug-likeness (QED) is 0.849. The zero-order chi connectivity index (χ0) is 15.1. The standard InChI is InChI=1S/C17H16N2O2/c1-13-12-14(4-2-3-11-20)5-6-16(13)19-17(21)15-7-9-18-10-8-15/h5-10,12,20H,3,11H2,1H3,(H,19,21). The summed E-state index contributed by atoms with van der Waals surface area (Å²) in [6.45, 7) is 1.98. The van der Waals surface area contributed by atoms with Gasteiger partial charge in [0.2, 0.25) is 0 Å². The van der Waals surface area contributed by atoms with Gasteiger partial charge in [-0.25, -0.2) is 0 Å². The lowest BCUT2D eigenvalue weighted by atomic mass is 10.1. The van der Waals surface area contributed by atoms with E-state index < -0.39 is 0 Å². The van der Waals surface area contributed by atoms with Crippen LogP contribution in [0.15, 0.2) is 42.7 Å². The lowest BCUT2D eigenvalue weighted by Gasteiger charge is -2.08. The van der Waals surface area contributed by atoms with Crippen molar-refractivity contribution in [3.8, 4) is 11.8 Å². The first-order valence-electron chi connectivity index (χ1n) is 6.62. The highest BCUT2D eigenvalue weighted by Gasteiger charge is 2.07. The van der Waals surface area contributed by atoms with Crippen LogP contribution in [0.4, 0.5) is 5.69 Å². The fraction of sp³-hybridized carbons (Fsp3) is 0.176. The number of aliphatic hydroxyl groups excluding tert-OH is 1. The van der Waals surface area contributed by atoms with Gasteiger partial charge in [-0.2, -0.15) is 0 Å². The van der Waals surface area contributed by atoms with Crippen LogP contribution in [0.3, 0.4) is 0 Å². The first kappa shape index (κ1) is 14.8. The molecular weight excluding hydrogens is 264 g/mol. The van der Waals surface area contributed by atoms with E-state index in [2.05, 4.69) is 22.1 Å². The SMILES string of the molecule is Cc1cc(C#CCCO)ccc1NC(=O)c1ccncc1. The number of aromatic nitrogens is 1. The zero-order valence-corrected chi connectivity index (χ0v) is 11.8. The molecular formula is C17H16N2O2. The van der Waals surface area contributed by atoms with Gasteiger partial charge in [-0.05, 0) is 42.8 Å². The number of carbonyl (C=O) groups is 1. The molecule has 106 valence electrons. The van der Waals surface area contributed by atoms with Crippen LogP contribution in [0.5, 0.6) is 0 Å². The van der Waals surface area contributed by atoms with Crippen molar-refractivity contribution in [1.29, 1.82) is 0 Å². The van der Waals surface area contributed by atoms with Gasteiger partial charge in [0, 0.05) is 35.6 Å². The predicted octanol–water partition coefficient (Wildman–Crippen LogP) is 2.38. The van der Waals surface area contributed by atoms with Crippen molar-refractivity contribution >= 4 is 11.6 Å². The van der Waals surface area contributed by atoms with Crippen molar-refractivity contribution in [2.75, 3.05) is 11.9 Å². The Morgan fingerprint density at radius 3 is 2.71 bits per heavy atom. The summed E-state index contributed by atoms with van der Waals surface area (Å²) in [5.74, 6) is 5.67. The molecule has 1 amide bonds. The lowest BCUT2D eigenvalue weighted by molar-refractivity contribution is 0.102. The smallest absolute Gasteiger partial charge is 0.255 e. The van der Waals surface area contributed by atoms with Crippen LogP contribution in [0.2, 0.25) is 0 Å². The third kappa shape index (κ3) is 4.16. The highest BCUT2D eigenvalue weighted by molar-refractivity contribution is 6.04. The van der Waals surface area contributed by atoms with Crippen molar-refractivity contribution in [2.45, 2.75) is 13.3 Å². The number of hydrogen-bond acceptors (Lipinski definition) is 3. The van der Waals surface area contributed by atoms with E-state index in [0.29, 0.717) is 12.0 Å². The Bertz CT molecular complexity index is 685. The van der Waals surface area contributed by atoms with Crippen molar-refractivity contribution in [1.82, 2.24) is 4.98 Å². The van der Waals surface area contributed by atoms with E-state index in [1.54, 1.807) is 24.5 Å². The molecule has 1 heterocycles. The van der Waals surface area contributed by atoms with Crippen LogP contribution >= 0.6 is 0 Å². The Morgan fingerprint density at radius 2 is 2.05 bits per heavy atom. The van der Waals surface area contributed by atoms with E-state index in [1.807, 2.05) is 25.1 Å². The minimum Gasteiger partial charge on any atom is -0.395 e. The molecule has 2 rings (SSSR count). The molecule has 0 atom stereocenters. The molecule has 1 aromatic heterocycles.